The first kappa shape index (κ1) is 28.8. The molecule has 0 saturated carbocycles. The van der Waals surface area contributed by atoms with Gasteiger partial charge in [-0.1, -0.05) is 62.2 Å². The van der Waals surface area contributed by atoms with E-state index in [-0.39, 0.29) is 32.5 Å². The first-order valence-corrected chi connectivity index (χ1v) is 13.7. The molecular formula is C29H34Cl2F2N4O. The van der Waals surface area contributed by atoms with E-state index in [0.717, 1.165) is 32.0 Å². The van der Waals surface area contributed by atoms with E-state index in [2.05, 4.69) is 22.0 Å². The number of halogens is 4. The largest absolute Gasteiger partial charge is 0.349 e. The summed E-state index contributed by atoms with van der Waals surface area (Å²) >= 11 is 12.3. The van der Waals surface area contributed by atoms with Crippen molar-refractivity contribution in [3.05, 3.63) is 69.2 Å². The van der Waals surface area contributed by atoms with Gasteiger partial charge in [-0.2, -0.15) is 5.26 Å². The summed E-state index contributed by atoms with van der Waals surface area (Å²) in [5, 5.41) is 20.8. The van der Waals surface area contributed by atoms with Crippen LogP contribution in [-0.2, 0) is 10.2 Å². The van der Waals surface area contributed by atoms with Crippen molar-refractivity contribution >= 4 is 29.1 Å². The molecule has 2 fully saturated rings. The number of hydrogen-bond donors (Lipinski definition) is 3. The highest BCUT2D eigenvalue weighted by Crippen LogP contribution is 2.52. The van der Waals surface area contributed by atoms with E-state index < -0.39 is 40.6 Å². The topological polar surface area (TPSA) is 77.0 Å². The summed E-state index contributed by atoms with van der Waals surface area (Å²) in [6.45, 7) is 9.52. The Hall–Kier alpha value is -2.24. The normalized spacial score (nSPS) is 27.1. The molecule has 0 bridgehead atoms. The lowest BCUT2D eigenvalue weighted by Gasteiger charge is -2.38. The van der Waals surface area contributed by atoms with Crippen molar-refractivity contribution in [3.8, 4) is 6.07 Å². The van der Waals surface area contributed by atoms with Crippen LogP contribution in [-0.4, -0.2) is 36.6 Å². The van der Waals surface area contributed by atoms with Crippen LogP contribution in [0.15, 0.2) is 36.4 Å². The molecule has 4 rings (SSSR count). The molecule has 4 unspecified atom stereocenters. The molecule has 0 radical (unpaired) electrons. The van der Waals surface area contributed by atoms with Gasteiger partial charge in [0.15, 0.2) is 0 Å². The molecule has 38 heavy (non-hydrogen) atoms. The Bertz CT molecular complexity index is 1250. The van der Waals surface area contributed by atoms with Gasteiger partial charge in [-0.15, -0.1) is 0 Å². The summed E-state index contributed by atoms with van der Waals surface area (Å²) in [7, 11) is 0. The number of benzene rings is 2. The van der Waals surface area contributed by atoms with Crippen LogP contribution in [0.2, 0.25) is 10.0 Å². The summed E-state index contributed by atoms with van der Waals surface area (Å²) < 4.78 is 31.4. The van der Waals surface area contributed by atoms with E-state index in [4.69, 9.17) is 23.2 Å². The number of carbonyl (C=O) groups is 1. The van der Waals surface area contributed by atoms with Crippen LogP contribution in [0, 0.1) is 28.4 Å². The molecule has 2 saturated heterocycles. The highest BCUT2D eigenvalue weighted by atomic mass is 35.5. The lowest BCUT2D eigenvalue weighted by molar-refractivity contribution is -0.125. The first-order valence-electron chi connectivity index (χ1n) is 12.9. The number of nitriles is 1. The van der Waals surface area contributed by atoms with Gasteiger partial charge in [0.2, 0.25) is 5.91 Å². The van der Waals surface area contributed by atoms with Gasteiger partial charge in [-0.25, -0.2) is 8.78 Å². The van der Waals surface area contributed by atoms with Crippen molar-refractivity contribution in [3.63, 3.8) is 0 Å². The molecule has 2 heterocycles. The molecule has 2 aliphatic rings. The maximum absolute atomic E-state index is 15.7. The molecule has 1 amide bonds. The number of carbonyl (C=O) groups excluding carboxylic acids is 1. The van der Waals surface area contributed by atoms with Gasteiger partial charge in [-0.3, -0.25) is 4.79 Å². The maximum Gasteiger partial charge on any atom is 0.238 e. The molecule has 2 aromatic rings. The van der Waals surface area contributed by atoms with E-state index >= 15 is 8.78 Å². The van der Waals surface area contributed by atoms with E-state index in [1.54, 1.807) is 6.07 Å². The van der Waals surface area contributed by atoms with Gasteiger partial charge in [0, 0.05) is 28.1 Å². The second-order valence-corrected chi connectivity index (χ2v) is 12.8. The monoisotopic (exact) mass is 562 g/mol. The molecule has 3 N–H and O–H groups in total. The summed E-state index contributed by atoms with van der Waals surface area (Å²) in [4.78, 5) is 14.0. The highest BCUT2D eigenvalue weighted by molar-refractivity contribution is 6.31. The van der Waals surface area contributed by atoms with Crippen LogP contribution >= 0.6 is 23.2 Å². The van der Waals surface area contributed by atoms with Crippen LogP contribution < -0.4 is 16.0 Å². The Morgan fingerprint density at radius 1 is 1.18 bits per heavy atom. The zero-order valence-corrected chi connectivity index (χ0v) is 23.6. The van der Waals surface area contributed by atoms with Crippen molar-refractivity contribution < 1.29 is 13.6 Å². The zero-order chi connectivity index (χ0) is 27.9. The molecule has 0 aromatic heterocycles. The molecule has 2 aromatic carbocycles. The average molecular weight is 564 g/mol. The molecule has 4 atom stereocenters. The predicted molar refractivity (Wildman–Crippen MR) is 146 cm³/mol. The van der Waals surface area contributed by atoms with Crippen LogP contribution in [0.3, 0.4) is 0 Å². The standard InChI is InChI=1S/C29H34Cl2F2N4O/c1-27(2,3)15-22-29(16-34,19-9-8-17(30)14-21(19)32)23(18-6-5-7-20(31)24(18)33)25(36-22)26(38)37-28(4)10-12-35-13-11-28/h5-9,14,22-23,25,35-36H,10-13,15H2,1-4H3,(H,37,38). The fourth-order valence-electron chi connectivity index (χ4n) is 6.04. The van der Waals surface area contributed by atoms with E-state index in [9.17, 15) is 10.1 Å². The minimum absolute atomic E-state index is 0.0684. The fourth-order valence-corrected chi connectivity index (χ4v) is 6.38. The van der Waals surface area contributed by atoms with E-state index in [0.29, 0.717) is 6.42 Å². The Morgan fingerprint density at radius 2 is 1.87 bits per heavy atom. The number of rotatable bonds is 5. The molecule has 5 nitrogen and oxygen atoms in total. The third-order valence-electron chi connectivity index (χ3n) is 7.86. The summed E-state index contributed by atoms with van der Waals surface area (Å²) in [5.41, 5.74) is -2.24. The quantitative estimate of drug-likeness (QED) is 0.427. The van der Waals surface area contributed by atoms with Crippen LogP contribution in [0.4, 0.5) is 8.78 Å². The second kappa shape index (κ2) is 10.7. The van der Waals surface area contributed by atoms with Gasteiger partial charge in [0.25, 0.3) is 0 Å². The highest BCUT2D eigenvalue weighted by Gasteiger charge is 2.61. The van der Waals surface area contributed by atoms with Crippen LogP contribution in [0.5, 0.6) is 0 Å². The molecule has 204 valence electrons. The van der Waals surface area contributed by atoms with Gasteiger partial charge < -0.3 is 16.0 Å². The van der Waals surface area contributed by atoms with E-state index in [1.807, 2.05) is 27.7 Å². The maximum atomic E-state index is 15.7. The second-order valence-electron chi connectivity index (χ2n) is 12.0. The average Bonchev–Trinajstić information content (AvgIpc) is 3.14. The lowest BCUT2D eigenvalue weighted by atomic mass is 9.62. The first-order chi connectivity index (χ1) is 17.8. The number of hydrogen-bond acceptors (Lipinski definition) is 4. The van der Waals surface area contributed by atoms with E-state index in [1.165, 1.54) is 24.3 Å². The molecule has 2 aliphatic heterocycles. The third kappa shape index (κ3) is 5.42. The van der Waals surface area contributed by atoms with Gasteiger partial charge in [0.1, 0.15) is 17.0 Å². The summed E-state index contributed by atoms with van der Waals surface area (Å²) in [6.07, 6.45) is 1.87. The van der Waals surface area contributed by atoms with Crippen LogP contribution in [0.1, 0.15) is 64.0 Å². The number of piperidine rings is 1. The van der Waals surface area contributed by atoms with Crippen molar-refractivity contribution in [2.24, 2.45) is 5.41 Å². The number of amides is 1. The van der Waals surface area contributed by atoms with Crippen molar-refractivity contribution in [2.75, 3.05) is 13.1 Å². The Morgan fingerprint density at radius 3 is 2.47 bits per heavy atom. The predicted octanol–water partition coefficient (Wildman–Crippen LogP) is 5.85. The molecule has 0 aliphatic carbocycles. The number of nitrogens with zero attached hydrogens (tertiary/aromatic N) is 1. The van der Waals surface area contributed by atoms with Crippen molar-refractivity contribution in [2.45, 2.75) is 75.9 Å². The fraction of sp³-hybridized carbons (Fsp3) is 0.517. The zero-order valence-electron chi connectivity index (χ0n) is 22.1. The van der Waals surface area contributed by atoms with Gasteiger partial charge >= 0.3 is 0 Å². The van der Waals surface area contributed by atoms with Gasteiger partial charge in [-0.05, 0) is 68.5 Å². The van der Waals surface area contributed by atoms with Crippen molar-refractivity contribution in [1.29, 1.82) is 5.26 Å². The van der Waals surface area contributed by atoms with Crippen LogP contribution in [0.25, 0.3) is 0 Å². The SMILES string of the molecule is CC(C)(C)CC1NC(C(=O)NC2(C)CCNCC2)C(c2cccc(Cl)c2F)C1(C#N)c1ccc(Cl)cc1F. The van der Waals surface area contributed by atoms with Crippen molar-refractivity contribution in [1.82, 2.24) is 16.0 Å². The molecule has 0 spiro atoms. The lowest BCUT2D eigenvalue weighted by Crippen LogP contribution is -2.57. The summed E-state index contributed by atoms with van der Waals surface area (Å²) in [6, 6.07) is 9.35. The Labute approximate surface area is 233 Å². The summed E-state index contributed by atoms with van der Waals surface area (Å²) in [5.74, 6) is -2.83. The number of nitrogens with one attached hydrogen (secondary N) is 3. The minimum Gasteiger partial charge on any atom is -0.349 e. The molecule has 9 heteroatoms. The third-order valence-corrected chi connectivity index (χ3v) is 8.39. The Balaban J connectivity index is 1.94. The smallest absolute Gasteiger partial charge is 0.238 e. The Kier molecular flexibility index (Phi) is 8.12. The van der Waals surface area contributed by atoms with Gasteiger partial charge in [0.05, 0.1) is 17.1 Å². The minimum atomic E-state index is -1.63. The molecular weight excluding hydrogens is 529 g/mol.